The lowest BCUT2D eigenvalue weighted by molar-refractivity contribution is -0.0505. The highest BCUT2D eigenvalue weighted by atomic mass is 19.3. The second kappa shape index (κ2) is 10.2. The van der Waals surface area contributed by atoms with Crippen molar-refractivity contribution in [1.29, 1.82) is 0 Å². The molecule has 0 bridgehead atoms. The molecular formula is C28H28F2N6O4. The molecule has 0 aliphatic carbocycles. The molecule has 2 fully saturated rings. The fourth-order valence-corrected chi connectivity index (χ4v) is 5.39. The maximum Gasteiger partial charge on any atom is 0.410 e. The van der Waals surface area contributed by atoms with E-state index >= 15 is 0 Å². The van der Waals surface area contributed by atoms with Gasteiger partial charge in [-0.15, -0.1) is 0 Å². The number of halogens is 2. The summed E-state index contributed by atoms with van der Waals surface area (Å²) in [6, 6.07) is 10.6. The van der Waals surface area contributed by atoms with Gasteiger partial charge in [0, 0.05) is 50.2 Å². The van der Waals surface area contributed by atoms with Crippen molar-refractivity contribution in [3.05, 3.63) is 70.3 Å². The van der Waals surface area contributed by atoms with Gasteiger partial charge >= 0.3 is 12.7 Å². The fraction of sp³-hybridized carbons (Fsp3) is 0.357. The monoisotopic (exact) mass is 550 g/mol. The van der Waals surface area contributed by atoms with Crippen LogP contribution in [0.15, 0.2) is 53.6 Å². The summed E-state index contributed by atoms with van der Waals surface area (Å²) in [6.45, 7) is 1.34. The van der Waals surface area contributed by atoms with Crippen LogP contribution in [0.25, 0.3) is 22.0 Å². The molecule has 12 heteroatoms. The van der Waals surface area contributed by atoms with Crippen molar-refractivity contribution in [3.8, 4) is 16.9 Å². The Bertz CT molecular complexity index is 1630. The lowest BCUT2D eigenvalue weighted by Crippen LogP contribution is -2.52. The Labute approximate surface area is 228 Å². The van der Waals surface area contributed by atoms with E-state index in [1.54, 1.807) is 47.2 Å². The van der Waals surface area contributed by atoms with Gasteiger partial charge < -0.3 is 14.4 Å². The molecule has 10 nitrogen and oxygen atoms in total. The highest BCUT2D eigenvalue weighted by molar-refractivity contribution is 5.84. The van der Waals surface area contributed by atoms with Crippen molar-refractivity contribution < 1.29 is 23.0 Å². The third kappa shape index (κ3) is 4.63. The highest BCUT2D eigenvalue weighted by Crippen LogP contribution is 2.28. The number of hydrogen-bond acceptors (Lipinski definition) is 7. The zero-order valence-corrected chi connectivity index (χ0v) is 22.1. The number of amides is 1. The predicted octanol–water partition coefficient (Wildman–Crippen LogP) is 3.65. The Morgan fingerprint density at radius 3 is 2.62 bits per heavy atom. The quantitative estimate of drug-likeness (QED) is 0.347. The minimum atomic E-state index is -2.95. The molecule has 208 valence electrons. The van der Waals surface area contributed by atoms with E-state index in [0.717, 1.165) is 23.1 Å². The number of piperazine rings is 1. The van der Waals surface area contributed by atoms with Gasteiger partial charge in [-0.25, -0.2) is 14.8 Å². The Kier molecular flexibility index (Phi) is 6.60. The smallest absolute Gasteiger partial charge is 0.410 e. The zero-order valence-electron chi connectivity index (χ0n) is 22.1. The first-order valence-corrected chi connectivity index (χ1v) is 13.1. The van der Waals surface area contributed by atoms with Crippen molar-refractivity contribution >= 4 is 22.9 Å². The molecule has 6 rings (SSSR count). The SMILES string of the molecule is CCc1ccc(OC(F)F)c(Cn2c3cc(-c4cnc(N5CCN6C(=O)OC[C@@H]6C5)nc4)ccc3c(=O)n2C)c1. The molecule has 1 amide bonds. The number of cyclic esters (lactones) is 1. The van der Waals surface area contributed by atoms with Gasteiger partial charge in [0.05, 0.1) is 23.5 Å². The number of carbonyl (C=O) groups is 1. The molecule has 0 saturated carbocycles. The van der Waals surface area contributed by atoms with Crippen LogP contribution < -0.4 is 15.2 Å². The van der Waals surface area contributed by atoms with Gasteiger partial charge in [0.1, 0.15) is 12.4 Å². The van der Waals surface area contributed by atoms with Crippen molar-refractivity contribution in [1.82, 2.24) is 24.2 Å². The second-order valence-electron chi connectivity index (χ2n) is 9.93. The van der Waals surface area contributed by atoms with Crippen LogP contribution in [0.3, 0.4) is 0 Å². The molecule has 4 aromatic rings. The third-order valence-corrected chi connectivity index (χ3v) is 7.60. The average molecular weight is 551 g/mol. The number of aryl methyl sites for hydroxylation is 1. The number of benzene rings is 2. The molecule has 2 saturated heterocycles. The van der Waals surface area contributed by atoms with Crippen LogP contribution in [0, 0.1) is 0 Å². The van der Waals surface area contributed by atoms with Gasteiger partial charge in [0.25, 0.3) is 5.56 Å². The van der Waals surface area contributed by atoms with E-state index in [2.05, 4.69) is 9.97 Å². The molecule has 2 aliphatic rings. The summed E-state index contributed by atoms with van der Waals surface area (Å²) < 4.78 is 39.4. The Balaban J connectivity index is 1.30. The van der Waals surface area contributed by atoms with Crippen LogP contribution in [-0.4, -0.2) is 69.2 Å². The topological polar surface area (TPSA) is 94.7 Å². The van der Waals surface area contributed by atoms with Crippen LogP contribution in [0.5, 0.6) is 5.75 Å². The van der Waals surface area contributed by atoms with Crippen molar-refractivity contribution in [2.24, 2.45) is 7.05 Å². The number of anilines is 1. The summed E-state index contributed by atoms with van der Waals surface area (Å²) in [5.74, 6) is 0.652. The van der Waals surface area contributed by atoms with Crippen LogP contribution in [-0.2, 0) is 24.8 Å². The molecule has 0 radical (unpaired) electrons. The van der Waals surface area contributed by atoms with E-state index < -0.39 is 6.61 Å². The number of ether oxygens (including phenoxy) is 2. The highest BCUT2D eigenvalue weighted by Gasteiger charge is 2.38. The summed E-state index contributed by atoms with van der Waals surface area (Å²) in [5.41, 5.74) is 3.57. The molecule has 0 spiro atoms. The summed E-state index contributed by atoms with van der Waals surface area (Å²) >= 11 is 0. The van der Waals surface area contributed by atoms with E-state index in [1.807, 2.05) is 30.0 Å². The van der Waals surface area contributed by atoms with Gasteiger partial charge in [-0.3, -0.25) is 19.1 Å². The fourth-order valence-electron chi connectivity index (χ4n) is 5.39. The Morgan fingerprint density at radius 2 is 1.88 bits per heavy atom. The van der Waals surface area contributed by atoms with Crippen LogP contribution in [0.4, 0.5) is 19.5 Å². The van der Waals surface area contributed by atoms with Gasteiger partial charge in [-0.2, -0.15) is 8.78 Å². The first-order valence-electron chi connectivity index (χ1n) is 13.1. The number of aromatic nitrogens is 4. The molecule has 2 aliphatic heterocycles. The minimum Gasteiger partial charge on any atom is -0.447 e. The molecule has 1 atom stereocenters. The number of fused-ring (bicyclic) bond motifs is 2. The molecule has 2 aromatic carbocycles. The molecule has 40 heavy (non-hydrogen) atoms. The van der Waals surface area contributed by atoms with Crippen molar-refractivity contribution in [2.75, 3.05) is 31.1 Å². The van der Waals surface area contributed by atoms with Gasteiger partial charge in [-0.1, -0.05) is 25.1 Å². The largest absolute Gasteiger partial charge is 0.447 e. The number of alkyl halides is 2. The molecule has 0 N–H and O–H groups in total. The summed E-state index contributed by atoms with van der Waals surface area (Å²) in [6.07, 6.45) is 3.93. The third-order valence-electron chi connectivity index (χ3n) is 7.60. The van der Waals surface area contributed by atoms with E-state index in [0.29, 0.717) is 48.7 Å². The summed E-state index contributed by atoms with van der Waals surface area (Å²) in [7, 11) is 1.65. The molecule has 2 aromatic heterocycles. The maximum atomic E-state index is 13.1. The van der Waals surface area contributed by atoms with Gasteiger partial charge in [0.15, 0.2) is 0 Å². The average Bonchev–Trinajstić information content (AvgIpc) is 3.45. The van der Waals surface area contributed by atoms with Gasteiger partial charge in [0.2, 0.25) is 5.95 Å². The lowest BCUT2D eigenvalue weighted by Gasteiger charge is -2.35. The van der Waals surface area contributed by atoms with E-state index in [1.165, 1.54) is 4.68 Å². The maximum absolute atomic E-state index is 13.1. The zero-order chi connectivity index (χ0) is 28.0. The van der Waals surface area contributed by atoms with Crippen LogP contribution in [0.1, 0.15) is 18.1 Å². The second-order valence-corrected chi connectivity index (χ2v) is 9.93. The van der Waals surface area contributed by atoms with Crippen LogP contribution in [0.2, 0.25) is 0 Å². The first kappa shape index (κ1) is 25.8. The Hall–Kier alpha value is -4.48. The first-order chi connectivity index (χ1) is 19.3. The number of carbonyl (C=O) groups excluding carboxylic acids is 1. The Morgan fingerprint density at radius 1 is 1.07 bits per heavy atom. The van der Waals surface area contributed by atoms with E-state index in [9.17, 15) is 18.4 Å². The van der Waals surface area contributed by atoms with Crippen LogP contribution >= 0.6 is 0 Å². The standard InChI is InChI=1S/C28H28F2N6O4/c1-3-17-4-7-24(40-26(29)30)19(10-17)14-36-23-11-18(5-6-22(23)25(37)33(36)2)20-12-31-27(32-13-20)34-8-9-35-21(15-34)16-39-28(35)38/h4-7,10-13,21,26H,3,8-9,14-16H2,1-2H3/t21-/m0/s1. The van der Waals surface area contributed by atoms with E-state index in [4.69, 9.17) is 9.47 Å². The van der Waals surface area contributed by atoms with Crippen molar-refractivity contribution in [3.63, 3.8) is 0 Å². The number of nitrogens with zero attached hydrogens (tertiary/aromatic N) is 6. The lowest BCUT2D eigenvalue weighted by atomic mass is 10.1. The molecular weight excluding hydrogens is 522 g/mol. The number of rotatable bonds is 7. The molecule has 4 heterocycles. The van der Waals surface area contributed by atoms with E-state index in [-0.39, 0.29) is 30.0 Å². The normalized spacial score (nSPS) is 17.0. The number of hydrogen-bond donors (Lipinski definition) is 0. The van der Waals surface area contributed by atoms with Crippen molar-refractivity contribution in [2.45, 2.75) is 32.5 Å². The summed E-state index contributed by atoms with van der Waals surface area (Å²) in [4.78, 5) is 37.7. The molecule has 0 unspecified atom stereocenters. The van der Waals surface area contributed by atoms with Gasteiger partial charge in [-0.05, 0) is 35.7 Å². The summed E-state index contributed by atoms with van der Waals surface area (Å²) in [5, 5.41) is 0.512. The minimum absolute atomic E-state index is 0.00798. The predicted molar refractivity (Wildman–Crippen MR) is 144 cm³/mol.